The molecule has 1 amide bonds. The molecule has 2 fully saturated rings. The van der Waals surface area contributed by atoms with E-state index in [4.69, 9.17) is 0 Å². The van der Waals surface area contributed by atoms with Gasteiger partial charge in [-0.25, -0.2) is 8.78 Å². The molecule has 0 saturated carbocycles. The predicted molar refractivity (Wildman–Crippen MR) is 94.7 cm³/mol. The van der Waals surface area contributed by atoms with Crippen LogP contribution < -0.4 is 4.90 Å². The zero-order valence-electron chi connectivity index (χ0n) is 14.5. The molecule has 0 bridgehead atoms. The molecular formula is C19H22F2N4O. The van der Waals surface area contributed by atoms with Crippen LogP contribution in [0.2, 0.25) is 0 Å². The second-order valence-corrected chi connectivity index (χ2v) is 7.13. The van der Waals surface area contributed by atoms with E-state index in [1.54, 1.807) is 17.2 Å². The van der Waals surface area contributed by atoms with E-state index in [0.717, 1.165) is 32.4 Å². The van der Waals surface area contributed by atoms with Crippen molar-refractivity contribution in [1.82, 2.24) is 15.1 Å². The summed E-state index contributed by atoms with van der Waals surface area (Å²) in [7, 11) is 0. The molecule has 0 unspecified atom stereocenters. The zero-order chi connectivity index (χ0) is 18.1. The molecule has 0 radical (unpaired) electrons. The SMILES string of the molecule is O=C1CCCN1CC1CCN(c2c(F)cc(-c3ccn[nH]3)cc2F)CC1. The lowest BCUT2D eigenvalue weighted by Crippen LogP contribution is -2.39. The summed E-state index contributed by atoms with van der Waals surface area (Å²) in [5.74, 6) is -0.465. The summed E-state index contributed by atoms with van der Waals surface area (Å²) in [5, 5.41) is 6.54. The molecule has 0 aliphatic carbocycles. The molecule has 2 saturated heterocycles. The molecule has 1 N–H and O–H groups in total. The fraction of sp³-hybridized carbons (Fsp3) is 0.474. The Morgan fingerprint density at radius 1 is 1.15 bits per heavy atom. The van der Waals surface area contributed by atoms with E-state index in [1.807, 2.05) is 4.90 Å². The molecule has 5 nitrogen and oxygen atoms in total. The second kappa shape index (κ2) is 7.05. The first-order chi connectivity index (χ1) is 12.6. The number of hydrogen-bond donors (Lipinski definition) is 1. The molecule has 0 atom stereocenters. The molecule has 7 heteroatoms. The molecule has 4 rings (SSSR count). The third-order valence-electron chi connectivity index (χ3n) is 5.41. The van der Waals surface area contributed by atoms with Crippen LogP contribution in [0.5, 0.6) is 0 Å². The Morgan fingerprint density at radius 3 is 2.46 bits per heavy atom. The number of hydrogen-bond acceptors (Lipinski definition) is 3. The molecule has 2 aliphatic heterocycles. The van der Waals surface area contributed by atoms with E-state index in [-0.39, 0.29) is 11.6 Å². The Morgan fingerprint density at radius 2 is 1.88 bits per heavy atom. The van der Waals surface area contributed by atoms with Gasteiger partial charge >= 0.3 is 0 Å². The van der Waals surface area contributed by atoms with Gasteiger partial charge in [0.05, 0.1) is 5.69 Å². The minimum absolute atomic E-state index is 0.0453. The van der Waals surface area contributed by atoms with Crippen molar-refractivity contribution in [2.24, 2.45) is 5.92 Å². The van der Waals surface area contributed by atoms with Crippen LogP contribution in [-0.4, -0.2) is 47.2 Å². The average Bonchev–Trinajstić information content (AvgIpc) is 3.28. The second-order valence-electron chi connectivity index (χ2n) is 7.13. The summed E-state index contributed by atoms with van der Waals surface area (Å²) in [6.45, 7) is 2.82. The molecule has 0 spiro atoms. The summed E-state index contributed by atoms with van der Waals surface area (Å²) in [5.41, 5.74) is 1.08. The van der Waals surface area contributed by atoms with Gasteiger partial charge in [-0.05, 0) is 43.4 Å². The highest BCUT2D eigenvalue weighted by molar-refractivity contribution is 5.78. The van der Waals surface area contributed by atoms with Gasteiger partial charge in [0.15, 0.2) is 0 Å². The molecule has 138 valence electrons. The number of benzene rings is 1. The topological polar surface area (TPSA) is 52.2 Å². The maximum absolute atomic E-state index is 14.6. The van der Waals surface area contributed by atoms with E-state index in [2.05, 4.69) is 10.2 Å². The van der Waals surface area contributed by atoms with Crippen molar-refractivity contribution in [2.75, 3.05) is 31.1 Å². The molecule has 1 aromatic heterocycles. The number of halogens is 2. The van der Waals surface area contributed by atoms with Crippen LogP contribution in [0.15, 0.2) is 24.4 Å². The number of piperidine rings is 1. The third-order valence-corrected chi connectivity index (χ3v) is 5.41. The first kappa shape index (κ1) is 17.0. The van der Waals surface area contributed by atoms with Gasteiger partial charge in [0.25, 0.3) is 0 Å². The lowest BCUT2D eigenvalue weighted by Gasteiger charge is -2.35. The Kier molecular flexibility index (Phi) is 4.61. The van der Waals surface area contributed by atoms with Crippen molar-refractivity contribution in [3.05, 3.63) is 36.0 Å². The summed E-state index contributed by atoms with van der Waals surface area (Å²) < 4.78 is 29.2. The van der Waals surface area contributed by atoms with Crippen LogP contribution in [0.3, 0.4) is 0 Å². The van der Waals surface area contributed by atoms with Crippen molar-refractivity contribution in [2.45, 2.75) is 25.7 Å². The smallest absolute Gasteiger partial charge is 0.222 e. The zero-order valence-corrected chi connectivity index (χ0v) is 14.5. The van der Waals surface area contributed by atoms with Crippen LogP contribution in [0.1, 0.15) is 25.7 Å². The molecule has 1 aromatic carbocycles. The fourth-order valence-corrected chi connectivity index (χ4v) is 3.99. The van der Waals surface area contributed by atoms with Crippen molar-refractivity contribution in [1.29, 1.82) is 0 Å². The van der Waals surface area contributed by atoms with E-state index >= 15 is 0 Å². The quantitative estimate of drug-likeness (QED) is 0.911. The summed E-state index contributed by atoms with van der Waals surface area (Å²) in [6, 6.07) is 4.38. The Bertz CT molecular complexity index is 762. The van der Waals surface area contributed by atoms with Gasteiger partial charge in [-0.2, -0.15) is 5.10 Å². The van der Waals surface area contributed by atoms with Crippen molar-refractivity contribution >= 4 is 11.6 Å². The van der Waals surface area contributed by atoms with Crippen molar-refractivity contribution < 1.29 is 13.6 Å². The maximum Gasteiger partial charge on any atom is 0.222 e. The Balaban J connectivity index is 1.43. The number of aromatic amines is 1. The number of carbonyl (C=O) groups excluding carboxylic acids is 1. The van der Waals surface area contributed by atoms with Crippen molar-refractivity contribution in [3.8, 4) is 11.3 Å². The largest absolute Gasteiger partial charge is 0.367 e. The Hall–Kier alpha value is -2.44. The van der Waals surface area contributed by atoms with Crippen LogP contribution in [0.4, 0.5) is 14.5 Å². The normalized spacial score (nSPS) is 18.8. The van der Waals surface area contributed by atoms with Gasteiger partial charge in [0.1, 0.15) is 17.3 Å². The lowest BCUT2D eigenvalue weighted by molar-refractivity contribution is -0.128. The maximum atomic E-state index is 14.6. The van der Waals surface area contributed by atoms with E-state index in [9.17, 15) is 13.6 Å². The number of nitrogens with one attached hydrogen (secondary N) is 1. The number of likely N-dealkylation sites (tertiary alicyclic amines) is 1. The van der Waals surface area contributed by atoms with Gasteiger partial charge < -0.3 is 9.80 Å². The highest BCUT2D eigenvalue weighted by Crippen LogP contribution is 2.32. The monoisotopic (exact) mass is 360 g/mol. The van der Waals surface area contributed by atoms with Crippen LogP contribution in [0, 0.1) is 17.6 Å². The van der Waals surface area contributed by atoms with Gasteiger partial charge in [-0.1, -0.05) is 0 Å². The number of H-pyrrole nitrogens is 1. The van der Waals surface area contributed by atoms with Crippen LogP contribution in [0.25, 0.3) is 11.3 Å². The van der Waals surface area contributed by atoms with E-state index < -0.39 is 11.6 Å². The number of carbonyl (C=O) groups is 1. The number of anilines is 1. The Labute approximate surface area is 151 Å². The van der Waals surface area contributed by atoms with Crippen LogP contribution in [-0.2, 0) is 4.79 Å². The fourth-order valence-electron chi connectivity index (χ4n) is 3.99. The van der Waals surface area contributed by atoms with Crippen LogP contribution >= 0.6 is 0 Å². The average molecular weight is 360 g/mol. The van der Waals surface area contributed by atoms with E-state index in [1.165, 1.54) is 12.1 Å². The predicted octanol–water partition coefficient (Wildman–Crippen LogP) is 3.19. The number of amides is 1. The standard InChI is InChI=1S/C19H22F2N4O/c20-15-10-14(17-3-6-22-23-17)11-16(21)19(15)24-8-4-13(5-9-24)12-25-7-1-2-18(25)26/h3,6,10-11,13H,1-2,4-5,7-9,12H2,(H,22,23). The minimum atomic E-state index is -0.553. The minimum Gasteiger partial charge on any atom is -0.367 e. The third kappa shape index (κ3) is 3.30. The number of rotatable bonds is 4. The first-order valence-corrected chi connectivity index (χ1v) is 9.13. The molecule has 3 heterocycles. The molecule has 2 aromatic rings. The summed E-state index contributed by atoms with van der Waals surface area (Å²) in [6.07, 6.45) is 4.82. The molecular weight excluding hydrogens is 338 g/mol. The van der Waals surface area contributed by atoms with Gasteiger partial charge in [-0.3, -0.25) is 9.89 Å². The van der Waals surface area contributed by atoms with Gasteiger partial charge in [0.2, 0.25) is 5.91 Å². The van der Waals surface area contributed by atoms with Crippen molar-refractivity contribution in [3.63, 3.8) is 0 Å². The first-order valence-electron chi connectivity index (χ1n) is 9.13. The van der Waals surface area contributed by atoms with Gasteiger partial charge in [0, 0.05) is 44.4 Å². The summed E-state index contributed by atoms with van der Waals surface area (Å²) >= 11 is 0. The highest BCUT2D eigenvalue weighted by Gasteiger charge is 2.28. The van der Waals surface area contributed by atoms with Gasteiger partial charge in [-0.15, -0.1) is 0 Å². The lowest BCUT2D eigenvalue weighted by atomic mass is 9.95. The highest BCUT2D eigenvalue weighted by atomic mass is 19.1. The number of nitrogens with zero attached hydrogens (tertiary/aromatic N) is 3. The summed E-state index contributed by atoms with van der Waals surface area (Å²) in [4.78, 5) is 15.5. The molecule has 26 heavy (non-hydrogen) atoms. The number of aromatic nitrogens is 2. The van der Waals surface area contributed by atoms with E-state index in [0.29, 0.717) is 36.7 Å². The molecule has 2 aliphatic rings.